The number of nitrogen functional groups attached to an aromatic ring is 1. The first-order valence-corrected chi connectivity index (χ1v) is 6.63. The van der Waals surface area contributed by atoms with Gasteiger partial charge in [0.25, 0.3) is 10.0 Å². The van der Waals surface area contributed by atoms with E-state index in [-0.39, 0.29) is 10.6 Å². The lowest BCUT2D eigenvalue weighted by molar-refractivity contribution is 0.246. The zero-order valence-corrected chi connectivity index (χ0v) is 10.9. The predicted molar refractivity (Wildman–Crippen MR) is 66.8 cm³/mol. The lowest BCUT2D eigenvalue weighted by atomic mass is 10.3. The molecule has 1 aromatic rings. The number of amides is 2. The van der Waals surface area contributed by atoms with Crippen LogP contribution >= 0.6 is 0 Å². The zero-order chi connectivity index (χ0) is 13.8. The molecule has 0 heterocycles. The van der Waals surface area contributed by atoms with Crippen LogP contribution in [-0.4, -0.2) is 28.1 Å². The largest absolute Gasteiger partial charge is 0.495 e. The van der Waals surface area contributed by atoms with E-state index >= 15 is 0 Å². The molecule has 2 amide bonds. The van der Waals surface area contributed by atoms with E-state index in [0.29, 0.717) is 12.3 Å². The van der Waals surface area contributed by atoms with Crippen molar-refractivity contribution >= 4 is 21.7 Å². The minimum Gasteiger partial charge on any atom is -0.495 e. The highest BCUT2D eigenvalue weighted by atomic mass is 32.2. The summed E-state index contributed by atoms with van der Waals surface area (Å²) in [6, 6.07) is 3.16. The summed E-state index contributed by atoms with van der Waals surface area (Å²) in [5, 5.41) is 2.32. The van der Waals surface area contributed by atoms with Gasteiger partial charge in [-0.1, -0.05) is 0 Å². The molecule has 4 N–H and O–H groups in total. The number of anilines is 1. The molecule has 0 aliphatic carbocycles. The van der Waals surface area contributed by atoms with Gasteiger partial charge in [-0.3, -0.25) is 0 Å². The fourth-order valence-corrected chi connectivity index (χ4v) is 2.22. The second kappa shape index (κ2) is 5.58. The molecular formula is C10H15N3O4S. The van der Waals surface area contributed by atoms with E-state index in [2.05, 4.69) is 5.32 Å². The fourth-order valence-electron chi connectivity index (χ4n) is 1.26. The van der Waals surface area contributed by atoms with Gasteiger partial charge in [0.15, 0.2) is 0 Å². The average molecular weight is 273 g/mol. The topological polar surface area (TPSA) is 111 Å². The van der Waals surface area contributed by atoms with Crippen molar-refractivity contribution in [3.8, 4) is 5.75 Å². The maximum atomic E-state index is 11.8. The molecule has 0 saturated carbocycles. The monoisotopic (exact) mass is 273 g/mol. The van der Waals surface area contributed by atoms with Crippen LogP contribution in [0.15, 0.2) is 23.1 Å². The first kappa shape index (κ1) is 14.1. The van der Waals surface area contributed by atoms with Gasteiger partial charge in [0.05, 0.1) is 17.7 Å². The van der Waals surface area contributed by atoms with Crippen molar-refractivity contribution in [3.05, 3.63) is 18.2 Å². The second-order valence-electron chi connectivity index (χ2n) is 3.37. The third kappa shape index (κ3) is 3.27. The molecule has 0 unspecified atom stereocenters. The first-order valence-electron chi connectivity index (χ1n) is 5.15. The maximum Gasteiger partial charge on any atom is 0.328 e. The van der Waals surface area contributed by atoms with E-state index < -0.39 is 16.1 Å². The van der Waals surface area contributed by atoms with Crippen LogP contribution in [0, 0.1) is 0 Å². The summed E-state index contributed by atoms with van der Waals surface area (Å²) in [6.07, 6.45) is 0. The Bertz CT molecular complexity index is 542. The van der Waals surface area contributed by atoms with Crippen LogP contribution in [0.1, 0.15) is 6.92 Å². The molecule has 18 heavy (non-hydrogen) atoms. The Hall–Kier alpha value is -1.96. The van der Waals surface area contributed by atoms with Crippen molar-refractivity contribution in [1.82, 2.24) is 10.0 Å². The summed E-state index contributed by atoms with van der Waals surface area (Å²) in [7, 11) is -2.50. The number of benzene rings is 1. The summed E-state index contributed by atoms with van der Waals surface area (Å²) in [4.78, 5) is 11.1. The Balaban J connectivity index is 2.99. The number of nitrogens with one attached hydrogen (secondary N) is 2. The number of methoxy groups -OCH3 is 1. The molecule has 8 heteroatoms. The van der Waals surface area contributed by atoms with Crippen molar-refractivity contribution in [2.45, 2.75) is 11.8 Å². The first-order chi connectivity index (χ1) is 8.40. The Morgan fingerprint density at radius 2 is 2.11 bits per heavy atom. The van der Waals surface area contributed by atoms with Gasteiger partial charge >= 0.3 is 6.03 Å². The molecule has 0 atom stereocenters. The standard InChI is InChI=1S/C10H15N3O4S/c1-3-12-10(14)13-18(15,16)7-4-5-9(17-2)8(11)6-7/h4-6H,3,11H2,1-2H3,(H2,12,13,14). The molecule has 1 aromatic carbocycles. The van der Waals surface area contributed by atoms with Crippen molar-refractivity contribution in [2.24, 2.45) is 0 Å². The summed E-state index contributed by atoms with van der Waals surface area (Å²) >= 11 is 0. The fraction of sp³-hybridized carbons (Fsp3) is 0.300. The Morgan fingerprint density at radius 3 is 2.61 bits per heavy atom. The summed E-state index contributed by atoms with van der Waals surface area (Å²) in [5.41, 5.74) is 5.78. The van der Waals surface area contributed by atoms with Gasteiger partial charge in [0.2, 0.25) is 0 Å². The van der Waals surface area contributed by atoms with Crippen molar-refractivity contribution < 1.29 is 17.9 Å². The van der Waals surface area contributed by atoms with Crippen LogP contribution in [0.5, 0.6) is 5.75 Å². The number of ether oxygens (including phenoxy) is 1. The van der Waals surface area contributed by atoms with Crippen LogP contribution in [0.3, 0.4) is 0 Å². The number of carbonyl (C=O) groups is 1. The number of urea groups is 1. The quantitative estimate of drug-likeness (QED) is 0.683. The van der Waals surface area contributed by atoms with Crippen molar-refractivity contribution in [2.75, 3.05) is 19.4 Å². The smallest absolute Gasteiger partial charge is 0.328 e. The molecule has 0 spiro atoms. The number of hydrogen-bond donors (Lipinski definition) is 3. The molecule has 0 aliphatic heterocycles. The molecule has 0 radical (unpaired) electrons. The van der Waals surface area contributed by atoms with Crippen LogP contribution in [0.2, 0.25) is 0 Å². The van der Waals surface area contributed by atoms with E-state index in [4.69, 9.17) is 10.5 Å². The van der Waals surface area contributed by atoms with Crippen molar-refractivity contribution in [3.63, 3.8) is 0 Å². The zero-order valence-electron chi connectivity index (χ0n) is 10.1. The number of nitrogens with two attached hydrogens (primary N) is 1. The highest BCUT2D eigenvalue weighted by Crippen LogP contribution is 2.24. The van der Waals surface area contributed by atoms with Gasteiger partial charge in [0, 0.05) is 6.54 Å². The molecular weight excluding hydrogens is 258 g/mol. The van der Waals surface area contributed by atoms with E-state index in [0.717, 1.165) is 0 Å². The number of carbonyl (C=O) groups excluding carboxylic acids is 1. The summed E-state index contributed by atoms with van der Waals surface area (Å²) in [5.74, 6) is 0.368. The molecule has 0 saturated heterocycles. The SMILES string of the molecule is CCNC(=O)NS(=O)(=O)c1ccc(OC)c(N)c1. The predicted octanol–water partition coefficient (Wildman–Crippen LogP) is 0.285. The van der Waals surface area contributed by atoms with Crippen LogP contribution in [-0.2, 0) is 10.0 Å². The molecule has 1 rings (SSSR count). The van der Waals surface area contributed by atoms with Crippen LogP contribution in [0.4, 0.5) is 10.5 Å². The Kier molecular flexibility index (Phi) is 4.38. The lowest BCUT2D eigenvalue weighted by Gasteiger charge is -2.09. The third-order valence-electron chi connectivity index (χ3n) is 2.08. The maximum absolute atomic E-state index is 11.8. The minimum atomic E-state index is -3.93. The molecule has 7 nitrogen and oxygen atoms in total. The molecule has 0 fully saturated rings. The van der Waals surface area contributed by atoms with E-state index in [1.165, 1.54) is 25.3 Å². The van der Waals surface area contributed by atoms with Gasteiger partial charge in [-0.2, -0.15) is 0 Å². The van der Waals surface area contributed by atoms with Gasteiger partial charge in [-0.25, -0.2) is 17.9 Å². The van der Waals surface area contributed by atoms with E-state index in [1.807, 2.05) is 4.72 Å². The number of sulfonamides is 1. The molecule has 0 bridgehead atoms. The number of rotatable bonds is 4. The van der Waals surface area contributed by atoms with Crippen LogP contribution in [0.25, 0.3) is 0 Å². The molecule has 0 aromatic heterocycles. The highest BCUT2D eigenvalue weighted by molar-refractivity contribution is 7.90. The Morgan fingerprint density at radius 1 is 1.44 bits per heavy atom. The van der Waals surface area contributed by atoms with Crippen LogP contribution < -0.4 is 20.5 Å². The van der Waals surface area contributed by atoms with E-state index in [9.17, 15) is 13.2 Å². The Labute approximate surface area is 105 Å². The summed E-state index contributed by atoms with van der Waals surface area (Å²) < 4.78 is 30.4. The lowest BCUT2D eigenvalue weighted by Crippen LogP contribution is -2.39. The minimum absolute atomic E-state index is 0.105. The normalized spacial score (nSPS) is 10.8. The third-order valence-corrected chi connectivity index (χ3v) is 3.40. The van der Waals surface area contributed by atoms with Gasteiger partial charge in [-0.05, 0) is 25.1 Å². The summed E-state index contributed by atoms with van der Waals surface area (Å²) in [6.45, 7) is 2.00. The number of hydrogen-bond acceptors (Lipinski definition) is 5. The molecule has 0 aliphatic rings. The highest BCUT2D eigenvalue weighted by Gasteiger charge is 2.18. The second-order valence-corrected chi connectivity index (χ2v) is 5.05. The van der Waals surface area contributed by atoms with Gasteiger partial charge in [-0.15, -0.1) is 0 Å². The van der Waals surface area contributed by atoms with Gasteiger partial charge in [0.1, 0.15) is 5.75 Å². The van der Waals surface area contributed by atoms with E-state index in [1.54, 1.807) is 6.92 Å². The molecule has 100 valence electrons. The van der Waals surface area contributed by atoms with Gasteiger partial charge < -0.3 is 15.8 Å². The average Bonchev–Trinajstić information content (AvgIpc) is 2.28. The van der Waals surface area contributed by atoms with Crippen molar-refractivity contribution in [1.29, 1.82) is 0 Å².